The summed E-state index contributed by atoms with van der Waals surface area (Å²) in [5.41, 5.74) is 3.66. The molecule has 1 unspecified atom stereocenters. The normalized spacial score (nSPS) is 14.6. The van der Waals surface area contributed by atoms with E-state index in [1.54, 1.807) is 0 Å². The molecule has 39 heavy (non-hydrogen) atoms. The molecular formula is C32H33ClN4OS. The standard InChI is InChI=1S/C32H33ClN4OS/c33-29-22-30(37-18-16-26(17-19-37)20-24-10-4-1-5-11-24)36-32(35-29)39-23-31(38)34-28(27-14-8-3-9-15-27)21-25-12-6-2-7-13-25/h1-15,22,26,28H,16-21,23H2,(H,34,38). The van der Waals surface area contributed by atoms with Gasteiger partial charge in [-0.25, -0.2) is 9.97 Å². The van der Waals surface area contributed by atoms with Crippen molar-refractivity contribution in [1.82, 2.24) is 15.3 Å². The van der Waals surface area contributed by atoms with E-state index in [2.05, 4.69) is 69.8 Å². The smallest absolute Gasteiger partial charge is 0.230 e. The highest BCUT2D eigenvalue weighted by molar-refractivity contribution is 7.99. The molecular weight excluding hydrogens is 524 g/mol. The van der Waals surface area contributed by atoms with E-state index in [0.717, 1.165) is 50.2 Å². The lowest BCUT2D eigenvalue weighted by Crippen LogP contribution is -2.35. The van der Waals surface area contributed by atoms with E-state index in [-0.39, 0.29) is 17.7 Å². The van der Waals surface area contributed by atoms with E-state index in [1.807, 2.05) is 42.5 Å². The number of halogens is 1. The van der Waals surface area contributed by atoms with Gasteiger partial charge in [-0.3, -0.25) is 4.79 Å². The Morgan fingerprint density at radius 1 is 0.897 bits per heavy atom. The van der Waals surface area contributed by atoms with Crippen LogP contribution in [0.1, 0.15) is 35.6 Å². The van der Waals surface area contributed by atoms with Gasteiger partial charge in [-0.15, -0.1) is 0 Å². The molecule has 7 heteroatoms. The maximum atomic E-state index is 13.0. The van der Waals surface area contributed by atoms with Crippen LogP contribution >= 0.6 is 23.4 Å². The minimum absolute atomic E-state index is 0.0587. The number of aromatic nitrogens is 2. The number of piperidine rings is 1. The van der Waals surface area contributed by atoms with Gasteiger partial charge in [-0.05, 0) is 48.3 Å². The van der Waals surface area contributed by atoms with Crippen molar-refractivity contribution in [2.45, 2.75) is 36.9 Å². The number of benzene rings is 3. The van der Waals surface area contributed by atoms with Gasteiger partial charge in [-0.2, -0.15) is 0 Å². The quantitative estimate of drug-likeness (QED) is 0.132. The third-order valence-electron chi connectivity index (χ3n) is 7.12. The van der Waals surface area contributed by atoms with Crippen molar-refractivity contribution in [1.29, 1.82) is 0 Å². The number of hydrogen-bond donors (Lipinski definition) is 1. The SMILES string of the molecule is O=C(CSc1nc(Cl)cc(N2CCC(Cc3ccccc3)CC2)n1)NC(Cc1ccccc1)c1ccccc1. The topological polar surface area (TPSA) is 58.1 Å². The summed E-state index contributed by atoms with van der Waals surface area (Å²) in [6, 6.07) is 32.7. The Kier molecular flexibility index (Phi) is 9.52. The molecule has 3 aromatic carbocycles. The molecule has 1 aliphatic heterocycles. The van der Waals surface area contributed by atoms with Crippen molar-refractivity contribution >= 4 is 35.1 Å². The van der Waals surface area contributed by atoms with Gasteiger partial charge in [0.15, 0.2) is 5.16 Å². The van der Waals surface area contributed by atoms with E-state index in [0.29, 0.717) is 16.2 Å². The van der Waals surface area contributed by atoms with Gasteiger partial charge in [0.1, 0.15) is 11.0 Å². The first kappa shape index (κ1) is 27.2. The van der Waals surface area contributed by atoms with E-state index in [4.69, 9.17) is 16.6 Å². The first-order chi connectivity index (χ1) is 19.1. The predicted octanol–water partition coefficient (Wildman–Crippen LogP) is 6.78. The van der Waals surface area contributed by atoms with Crippen LogP contribution in [-0.2, 0) is 17.6 Å². The molecule has 5 rings (SSSR count). The molecule has 0 bridgehead atoms. The van der Waals surface area contributed by atoms with Crippen LogP contribution in [0.25, 0.3) is 0 Å². The zero-order valence-electron chi connectivity index (χ0n) is 21.9. The largest absolute Gasteiger partial charge is 0.356 e. The summed E-state index contributed by atoms with van der Waals surface area (Å²) in [5.74, 6) is 1.67. The molecule has 1 N–H and O–H groups in total. The minimum atomic E-state index is -0.116. The van der Waals surface area contributed by atoms with Crippen molar-refractivity contribution in [3.63, 3.8) is 0 Å². The molecule has 0 spiro atoms. The van der Waals surface area contributed by atoms with Crippen LogP contribution in [0.5, 0.6) is 0 Å². The molecule has 1 aromatic heterocycles. The van der Waals surface area contributed by atoms with E-state index in [1.165, 1.54) is 22.9 Å². The summed E-state index contributed by atoms with van der Waals surface area (Å²) in [7, 11) is 0. The Morgan fingerprint density at radius 3 is 2.18 bits per heavy atom. The number of thioether (sulfide) groups is 1. The number of carbonyl (C=O) groups is 1. The lowest BCUT2D eigenvalue weighted by Gasteiger charge is -2.33. The Morgan fingerprint density at radius 2 is 1.51 bits per heavy atom. The van der Waals surface area contributed by atoms with Crippen LogP contribution in [-0.4, -0.2) is 34.7 Å². The fourth-order valence-corrected chi connectivity index (χ4v) is 5.97. The zero-order chi connectivity index (χ0) is 26.9. The van der Waals surface area contributed by atoms with Crippen LogP contribution in [0.15, 0.2) is 102 Å². The lowest BCUT2D eigenvalue weighted by molar-refractivity contribution is -0.119. The third kappa shape index (κ3) is 8.07. The van der Waals surface area contributed by atoms with Gasteiger partial charge < -0.3 is 10.2 Å². The highest BCUT2D eigenvalue weighted by atomic mass is 35.5. The second-order valence-corrected chi connectivity index (χ2v) is 11.3. The summed E-state index contributed by atoms with van der Waals surface area (Å²) < 4.78 is 0. The molecule has 4 aromatic rings. The van der Waals surface area contributed by atoms with E-state index in [9.17, 15) is 4.79 Å². The molecule has 1 saturated heterocycles. The molecule has 1 fully saturated rings. The summed E-state index contributed by atoms with van der Waals surface area (Å²) >= 11 is 7.70. The predicted molar refractivity (Wildman–Crippen MR) is 160 cm³/mol. The first-order valence-corrected chi connectivity index (χ1v) is 14.8. The van der Waals surface area contributed by atoms with E-state index < -0.39 is 0 Å². The molecule has 5 nitrogen and oxygen atoms in total. The summed E-state index contributed by atoms with van der Waals surface area (Å²) in [6.45, 7) is 1.88. The van der Waals surface area contributed by atoms with Gasteiger partial charge >= 0.3 is 0 Å². The molecule has 1 atom stereocenters. The second-order valence-electron chi connectivity index (χ2n) is 9.96. The van der Waals surface area contributed by atoms with E-state index >= 15 is 0 Å². The highest BCUT2D eigenvalue weighted by Crippen LogP contribution is 2.28. The Bertz CT molecular complexity index is 1330. The maximum Gasteiger partial charge on any atom is 0.230 e. The fourth-order valence-electron chi connectivity index (χ4n) is 5.08. The van der Waals surface area contributed by atoms with Crippen molar-refractivity contribution in [2.75, 3.05) is 23.7 Å². The average molecular weight is 557 g/mol. The van der Waals surface area contributed by atoms with Crippen molar-refractivity contribution in [2.24, 2.45) is 5.92 Å². The van der Waals surface area contributed by atoms with Gasteiger partial charge in [0.05, 0.1) is 11.8 Å². The van der Waals surface area contributed by atoms with Crippen LogP contribution in [0.2, 0.25) is 5.15 Å². The van der Waals surface area contributed by atoms with Crippen LogP contribution in [0, 0.1) is 5.92 Å². The molecule has 200 valence electrons. The van der Waals surface area contributed by atoms with Gasteiger partial charge in [0.2, 0.25) is 5.91 Å². The molecule has 1 amide bonds. The highest BCUT2D eigenvalue weighted by Gasteiger charge is 2.22. The molecule has 0 aliphatic carbocycles. The lowest BCUT2D eigenvalue weighted by atomic mass is 9.90. The van der Waals surface area contributed by atoms with Crippen LogP contribution in [0.3, 0.4) is 0 Å². The summed E-state index contributed by atoms with van der Waals surface area (Å²) in [4.78, 5) is 24.4. The molecule has 2 heterocycles. The molecule has 1 aliphatic rings. The van der Waals surface area contributed by atoms with Gasteiger partial charge in [0.25, 0.3) is 0 Å². The van der Waals surface area contributed by atoms with Crippen LogP contribution < -0.4 is 10.2 Å². The number of rotatable bonds is 10. The zero-order valence-corrected chi connectivity index (χ0v) is 23.5. The number of hydrogen-bond acceptors (Lipinski definition) is 5. The molecule has 0 radical (unpaired) electrons. The first-order valence-electron chi connectivity index (χ1n) is 13.5. The Labute approximate surface area is 240 Å². The van der Waals surface area contributed by atoms with Crippen molar-refractivity contribution < 1.29 is 4.79 Å². The number of amides is 1. The summed E-state index contributed by atoms with van der Waals surface area (Å²) in [6.07, 6.45) is 4.07. The monoisotopic (exact) mass is 556 g/mol. The summed E-state index contributed by atoms with van der Waals surface area (Å²) in [5, 5.41) is 4.14. The number of anilines is 1. The number of carbonyl (C=O) groups excluding carboxylic acids is 1. The van der Waals surface area contributed by atoms with Crippen molar-refractivity contribution in [3.05, 3.63) is 119 Å². The average Bonchev–Trinajstić information content (AvgIpc) is 2.97. The van der Waals surface area contributed by atoms with Crippen molar-refractivity contribution in [3.8, 4) is 0 Å². The minimum Gasteiger partial charge on any atom is -0.356 e. The van der Waals surface area contributed by atoms with Gasteiger partial charge in [0, 0.05) is 19.2 Å². The fraction of sp³-hybridized carbons (Fsp3) is 0.281. The van der Waals surface area contributed by atoms with Gasteiger partial charge in [-0.1, -0.05) is 114 Å². The second kappa shape index (κ2) is 13.6. The number of nitrogens with zero attached hydrogens (tertiary/aromatic N) is 3. The van der Waals surface area contributed by atoms with Crippen LogP contribution in [0.4, 0.5) is 5.82 Å². The number of nitrogens with one attached hydrogen (secondary N) is 1. The maximum absolute atomic E-state index is 13.0. The Hall–Kier alpha value is -3.35. The third-order valence-corrected chi connectivity index (χ3v) is 8.16. The Balaban J connectivity index is 1.17. The molecule has 0 saturated carbocycles.